The average Bonchev–Trinajstić information content (AvgIpc) is 3.16. The molecule has 0 aromatic carbocycles. The fraction of sp³-hybridized carbons (Fsp3) is 0.682. The highest BCUT2D eigenvalue weighted by Gasteiger charge is 2.28. The Balaban J connectivity index is 1.62. The third-order valence-electron chi connectivity index (χ3n) is 5.59. The van der Waals surface area contributed by atoms with Crippen LogP contribution in [0.25, 0.3) is 11.0 Å². The maximum atomic E-state index is 13.4. The molecule has 0 unspecified atom stereocenters. The summed E-state index contributed by atoms with van der Waals surface area (Å²) in [4.78, 5) is 22.1. The van der Waals surface area contributed by atoms with Gasteiger partial charge in [0.15, 0.2) is 5.65 Å². The molecule has 7 nitrogen and oxygen atoms in total. The molecule has 0 spiro atoms. The molecule has 1 aliphatic rings. The lowest BCUT2D eigenvalue weighted by Gasteiger charge is -2.35. The van der Waals surface area contributed by atoms with Gasteiger partial charge in [-0.05, 0) is 32.3 Å². The normalized spacial score (nSPS) is 16.0. The first-order valence-corrected chi connectivity index (χ1v) is 11.1. The fourth-order valence-corrected chi connectivity index (χ4v) is 3.81. The van der Waals surface area contributed by atoms with Gasteiger partial charge in [-0.3, -0.25) is 9.69 Å². The Morgan fingerprint density at radius 1 is 1.16 bits per heavy atom. The number of ether oxygens (including phenoxy) is 1. The Labute approximate surface area is 186 Å². The molecule has 0 bridgehead atoms. The lowest BCUT2D eigenvalue weighted by molar-refractivity contribution is -0.174. The minimum absolute atomic E-state index is 0.0317. The number of hydrogen-bond donors (Lipinski definition) is 0. The molecule has 1 aliphatic heterocycles. The Morgan fingerprint density at radius 3 is 2.44 bits per heavy atom. The summed E-state index contributed by atoms with van der Waals surface area (Å²) in [7, 11) is 0. The summed E-state index contributed by atoms with van der Waals surface area (Å²) < 4.78 is 42.9. The third kappa shape index (κ3) is 5.98. The van der Waals surface area contributed by atoms with Gasteiger partial charge in [0.1, 0.15) is 6.61 Å². The van der Waals surface area contributed by atoms with Gasteiger partial charge in [0.05, 0.1) is 17.1 Å². The Hall–Kier alpha value is -2.20. The van der Waals surface area contributed by atoms with Gasteiger partial charge in [-0.15, -0.1) is 0 Å². The summed E-state index contributed by atoms with van der Waals surface area (Å²) in [5, 5.41) is 5.21. The number of pyridine rings is 1. The van der Waals surface area contributed by atoms with Gasteiger partial charge in [-0.2, -0.15) is 18.3 Å². The number of hydrogen-bond acceptors (Lipinski definition) is 5. The standard InChI is InChI=1S/C22H32F3N5O2/c1-15(2)19-12-17(18-13-26-30(16(3)4)20(18)27-19)21(31)29-9-7-28(8-10-29)6-5-11-32-14-22(23,24)25/h12-13,15-16H,5-11,14H2,1-4H3. The van der Waals surface area contributed by atoms with Gasteiger partial charge in [0, 0.05) is 51.1 Å². The quantitative estimate of drug-likeness (QED) is 0.566. The van der Waals surface area contributed by atoms with Crippen molar-refractivity contribution in [2.24, 2.45) is 0 Å². The van der Waals surface area contributed by atoms with E-state index in [-0.39, 0.29) is 24.5 Å². The lowest BCUT2D eigenvalue weighted by atomic mass is 10.0. The number of aromatic nitrogens is 3. The molecule has 0 saturated carbocycles. The lowest BCUT2D eigenvalue weighted by Crippen LogP contribution is -2.49. The van der Waals surface area contributed by atoms with E-state index in [1.165, 1.54) is 0 Å². The van der Waals surface area contributed by atoms with Crippen LogP contribution in [-0.4, -0.2) is 82.6 Å². The van der Waals surface area contributed by atoms with E-state index in [2.05, 4.69) is 28.6 Å². The number of nitrogens with zero attached hydrogens (tertiary/aromatic N) is 5. The number of fused-ring (bicyclic) bond motifs is 1. The zero-order valence-electron chi connectivity index (χ0n) is 19.2. The predicted octanol–water partition coefficient (Wildman–Crippen LogP) is 3.86. The topological polar surface area (TPSA) is 63.5 Å². The van der Waals surface area contributed by atoms with E-state index < -0.39 is 12.8 Å². The first-order chi connectivity index (χ1) is 15.1. The molecule has 2 aromatic rings. The second-order valence-electron chi connectivity index (χ2n) is 8.82. The first kappa shape index (κ1) is 24.4. The number of rotatable bonds is 8. The molecule has 32 heavy (non-hydrogen) atoms. The third-order valence-corrected chi connectivity index (χ3v) is 5.59. The van der Waals surface area contributed by atoms with E-state index in [1.54, 1.807) is 6.20 Å². The van der Waals surface area contributed by atoms with Crippen LogP contribution in [0.15, 0.2) is 12.3 Å². The molecule has 0 aliphatic carbocycles. The number of alkyl halides is 3. The molecule has 3 heterocycles. The minimum Gasteiger partial charge on any atom is -0.372 e. The van der Waals surface area contributed by atoms with Crippen LogP contribution in [0.1, 0.15) is 62.1 Å². The molecule has 1 saturated heterocycles. The van der Waals surface area contributed by atoms with Crippen LogP contribution >= 0.6 is 0 Å². The minimum atomic E-state index is -4.29. The second-order valence-corrected chi connectivity index (χ2v) is 8.82. The van der Waals surface area contributed by atoms with Crippen LogP contribution in [0, 0.1) is 0 Å². The highest BCUT2D eigenvalue weighted by molar-refractivity contribution is 6.05. The van der Waals surface area contributed by atoms with Crippen LogP contribution < -0.4 is 0 Å². The Kier molecular flexibility index (Phi) is 7.76. The maximum Gasteiger partial charge on any atom is 0.411 e. The summed E-state index contributed by atoms with van der Waals surface area (Å²) in [5.74, 6) is 0.147. The van der Waals surface area contributed by atoms with Gasteiger partial charge in [-0.1, -0.05) is 13.8 Å². The molecule has 0 radical (unpaired) electrons. The van der Waals surface area contributed by atoms with E-state index in [0.29, 0.717) is 44.7 Å². The van der Waals surface area contributed by atoms with Crippen molar-refractivity contribution in [3.63, 3.8) is 0 Å². The summed E-state index contributed by atoms with van der Waals surface area (Å²) in [6, 6.07) is 2.01. The molecule has 3 rings (SSSR count). The number of halogens is 3. The summed E-state index contributed by atoms with van der Waals surface area (Å²) in [5.41, 5.74) is 2.22. The molecule has 0 N–H and O–H groups in total. The highest BCUT2D eigenvalue weighted by atomic mass is 19.4. The number of carbonyl (C=O) groups excluding carboxylic acids is 1. The monoisotopic (exact) mass is 455 g/mol. The fourth-order valence-electron chi connectivity index (χ4n) is 3.81. The summed E-state index contributed by atoms with van der Waals surface area (Å²) >= 11 is 0. The molecular formula is C22H32F3N5O2. The van der Waals surface area contributed by atoms with E-state index in [0.717, 1.165) is 16.7 Å². The van der Waals surface area contributed by atoms with Crippen molar-refractivity contribution in [1.29, 1.82) is 0 Å². The molecule has 10 heteroatoms. The van der Waals surface area contributed by atoms with E-state index in [4.69, 9.17) is 4.98 Å². The van der Waals surface area contributed by atoms with Crippen LogP contribution in [0.5, 0.6) is 0 Å². The summed E-state index contributed by atoms with van der Waals surface area (Å²) in [6.45, 7) is 10.2. The average molecular weight is 456 g/mol. The van der Waals surface area contributed by atoms with Gasteiger partial charge in [-0.25, -0.2) is 9.67 Å². The van der Waals surface area contributed by atoms with Crippen molar-refractivity contribution >= 4 is 16.9 Å². The van der Waals surface area contributed by atoms with Gasteiger partial charge < -0.3 is 9.64 Å². The van der Waals surface area contributed by atoms with E-state index >= 15 is 0 Å². The van der Waals surface area contributed by atoms with Crippen molar-refractivity contribution in [1.82, 2.24) is 24.6 Å². The van der Waals surface area contributed by atoms with Gasteiger partial charge >= 0.3 is 6.18 Å². The number of piperazine rings is 1. The smallest absolute Gasteiger partial charge is 0.372 e. The van der Waals surface area contributed by atoms with Crippen molar-refractivity contribution in [2.75, 3.05) is 45.9 Å². The largest absolute Gasteiger partial charge is 0.411 e. The zero-order valence-corrected chi connectivity index (χ0v) is 19.2. The van der Waals surface area contributed by atoms with Crippen molar-refractivity contribution in [2.45, 2.75) is 52.3 Å². The molecule has 1 fully saturated rings. The van der Waals surface area contributed by atoms with Crippen molar-refractivity contribution in [3.8, 4) is 0 Å². The number of carbonyl (C=O) groups is 1. The molecule has 0 atom stereocenters. The van der Waals surface area contributed by atoms with Crippen LogP contribution in [-0.2, 0) is 4.74 Å². The molecular weight excluding hydrogens is 423 g/mol. The summed E-state index contributed by atoms with van der Waals surface area (Å²) in [6.07, 6.45) is -2.04. The van der Waals surface area contributed by atoms with Gasteiger partial charge in [0.2, 0.25) is 0 Å². The first-order valence-electron chi connectivity index (χ1n) is 11.1. The van der Waals surface area contributed by atoms with Crippen molar-refractivity contribution in [3.05, 3.63) is 23.5 Å². The van der Waals surface area contributed by atoms with Crippen LogP contribution in [0.3, 0.4) is 0 Å². The van der Waals surface area contributed by atoms with Crippen LogP contribution in [0.4, 0.5) is 13.2 Å². The Bertz CT molecular complexity index is 918. The SMILES string of the molecule is CC(C)c1cc(C(=O)N2CCN(CCCOCC(F)(F)F)CC2)c2cnn(C(C)C)c2n1. The van der Waals surface area contributed by atoms with Crippen LogP contribution in [0.2, 0.25) is 0 Å². The second kappa shape index (κ2) is 10.2. The Morgan fingerprint density at radius 2 is 1.84 bits per heavy atom. The molecule has 2 aromatic heterocycles. The maximum absolute atomic E-state index is 13.4. The molecule has 178 valence electrons. The molecule has 1 amide bonds. The number of amides is 1. The highest BCUT2D eigenvalue weighted by Crippen LogP contribution is 2.26. The van der Waals surface area contributed by atoms with E-state index in [1.807, 2.05) is 29.5 Å². The van der Waals surface area contributed by atoms with Crippen molar-refractivity contribution < 1.29 is 22.7 Å². The predicted molar refractivity (Wildman–Crippen MR) is 116 cm³/mol. The zero-order chi connectivity index (χ0) is 23.5. The van der Waals surface area contributed by atoms with Gasteiger partial charge in [0.25, 0.3) is 5.91 Å². The van der Waals surface area contributed by atoms with E-state index in [9.17, 15) is 18.0 Å².